The Hall–Kier alpha value is -1.56. The van der Waals surface area contributed by atoms with Crippen LogP contribution in [0.5, 0.6) is 0 Å². The molecule has 120 valence electrons. The number of benzene rings is 1. The van der Waals surface area contributed by atoms with Crippen molar-refractivity contribution in [3.8, 4) is 0 Å². The van der Waals surface area contributed by atoms with Crippen molar-refractivity contribution in [3.05, 3.63) is 29.3 Å². The minimum atomic E-state index is -3.24. The molecule has 0 aromatic heterocycles. The molecule has 1 aromatic rings. The maximum atomic E-state index is 12.5. The van der Waals surface area contributed by atoms with Crippen LogP contribution in [-0.4, -0.2) is 45.6 Å². The Morgan fingerprint density at radius 1 is 1.36 bits per heavy atom. The fourth-order valence-electron chi connectivity index (χ4n) is 3.21. The van der Waals surface area contributed by atoms with Gasteiger partial charge in [0, 0.05) is 25.7 Å². The second kappa shape index (κ2) is 5.57. The molecule has 0 N–H and O–H groups in total. The summed E-state index contributed by atoms with van der Waals surface area (Å²) in [7, 11) is -1.40. The van der Waals surface area contributed by atoms with Crippen molar-refractivity contribution in [1.82, 2.24) is 4.90 Å². The second-order valence-corrected chi connectivity index (χ2v) is 8.32. The zero-order valence-electron chi connectivity index (χ0n) is 13.1. The summed E-state index contributed by atoms with van der Waals surface area (Å²) in [6.07, 6.45) is 5.58. The number of carbonyl (C=O) groups is 1. The third-order valence-electron chi connectivity index (χ3n) is 4.68. The van der Waals surface area contributed by atoms with E-state index in [1.165, 1.54) is 29.8 Å². The van der Waals surface area contributed by atoms with Crippen LogP contribution in [0.4, 0.5) is 5.69 Å². The van der Waals surface area contributed by atoms with Gasteiger partial charge in [0.05, 0.1) is 11.9 Å². The van der Waals surface area contributed by atoms with E-state index in [1.54, 1.807) is 17.0 Å². The molecule has 0 bridgehead atoms. The predicted octanol–water partition coefficient (Wildman–Crippen LogP) is 1.88. The lowest BCUT2D eigenvalue weighted by molar-refractivity contribution is 0.0745. The first-order valence-electron chi connectivity index (χ1n) is 7.72. The molecule has 0 radical (unpaired) electrons. The molecule has 1 aliphatic carbocycles. The number of amides is 1. The van der Waals surface area contributed by atoms with E-state index < -0.39 is 10.0 Å². The highest BCUT2D eigenvalue weighted by Gasteiger charge is 2.28. The maximum absolute atomic E-state index is 12.5. The Morgan fingerprint density at radius 2 is 2.09 bits per heavy atom. The molecule has 0 saturated heterocycles. The number of anilines is 1. The smallest absolute Gasteiger partial charge is 0.253 e. The Bertz CT molecular complexity index is 695. The lowest BCUT2D eigenvalue weighted by atomic mass is 9.85. The predicted molar refractivity (Wildman–Crippen MR) is 86.6 cm³/mol. The molecular formula is C16H22N2O3S. The average molecular weight is 322 g/mol. The lowest BCUT2D eigenvalue weighted by Crippen LogP contribution is -2.34. The van der Waals surface area contributed by atoms with Crippen molar-refractivity contribution < 1.29 is 13.2 Å². The van der Waals surface area contributed by atoms with Crippen LogP contribution in [0.25, 0.3) is 0 Å². The van der Waals surface area contributed by atoms with E-state index in [9.17, 15) is 13.2 Å². The first-order chi connectivity index (χ1) is 10.4. The first-order valence-corrected chi connectivity index (χ1v) is 9.57. The average Bonchev–Trinajstić information content (AvgIpc) is 2.84. The molecule has 0 unspecified atom stereocenters. The molecule has 2 aliphatic rings. The van der Waals surface area contributed by atoms with Crippen LogP contribution in [0.15, 0.2) is 18.2 Å². The third-order valence-corrected chi connectivity index (χ3v) is 5.86. The van der Waals surface area contributed by atoms with Crippen molar-refractivity contribution in [1.29, 1.82) is 0 Å². The topological polar surface area (TPSA) is 57.7 Å². The quantitative estimate of drug-likeness (QED) is 0.850. The Balaban J connectivity index is 1.78. The number of hydrogen-bond acceptors (Lipinski definition) is 3. The van der Waals surface area contributed by atoms with Crippen molar-refractivity contribution >= 4 is 21.6 Å². The van der Waals surface area contributed by atoms with Gasteiger partial charge in [-0.2, -0.15) is 0 Å². The molecule has 0 atom stereocenters. The third kappa shape index (κ3) is 2.84. The highest BCUT2D eigenvalue weighted by atomic mass is 32.2. The van der Waals surface area contributed by atoms with Gasteiger partial charge in [0.15, 0.2) is 0 Å². The number of nitrogens with zero attached hydrogens (tertiary/aromatic N) is 2. The summed E-state index contributed by atoms with van der Waals surface area (Å²) in [6.45, 7) is 1.27. The van der Waals surface area contributed by atoms with Gasteiger partial charge < -0.3 is 4.90 Å². The maximum Gasteiger partial charge on any atom is 0.253 e. The van der Waals surface area contributed by atoms with Crippen LogP contribution in [0, 0.1) is 5.92 Å². The molecule has 1 fully saturated rings. The molecule has 1 saturated carbocycles. The first kappa shape index (κ1) is 15.3. The Morgan fingerprint density at radius 3 is 2.68 bits per heavy atom. The van der Waals surface area contributed by atoms with Gasteiger partial charge in [-0.1, -0.05) is 6.42 Å². The zero-order valence-corrected chi connectivity index (χ0v) is 13.9. The van der Waals surface area contributed by atoms with E-state index >= 15 is 0 Å². The number of carbonyl (C=O) groups excluding carboxylic acids is 1. The van der Waals surface area contributed by atoms with E-state index in [0.717, 1.165) is 12.1 Å². The summed E-state index contributed by atoms with van der Waals surface area (Å²) in [4.78, 5) is 14.3. The monoisotopic (exact) mass is 322 g/mol. The normalized spacial score (nSPS) is 18.0. The molecule has 1 heterocycles. The summed E-state index contributed by atoms with van der Waals surface area (Å²) >= 11 is 0. The fraction of sp³-hybridized carbons (Fsp3) is 0.562. The van der Waals surface area contributed by atoms with Gasteiger partial charge in [0.2, 0.25) is 10.0 Å². The van der Waals surface area contributed by atoms with E-state index in [0.29, 0.717) is 30.1 Å². The number of rotatable bonds is 4. The van der Waals surface area contributed by atoms with Crippen molar-refractivity contribution in [2.45, 2.75) is 25.7 Å². The van der Waals surface area contributed by atoms with Gasteiger partial charge in [0.25, 0.3) is 5.91 Å². The van der Waals surface area contributed by atoms with E-state index in [-0.39, 0.29) is 5.91 Å². The van der Waals surface area contributed by atoms with Gasteiger partial charge in [-0.15, -0.1) is 0 Å². The fourth-order valence-corrected chi connectivity index (χ4v) is 4.17. The highest BCUT2D eigenvalue weighted by Crippen LogP contribution is 2.31. The highest BCUT2D eigenvalue weighted by molar-refractivity contribution is 7.92. The molecule has 22 heavy (non-hydrogen) atoms. The van der Waals surface area contributed by atoms with Gasteiger partial charge in [-0.3, -0.25) is 9.10 Å². The standard InChI is InChI=1S/C16H22N2O3S/c1-17(11-12-4-3-5-12)16(19)14-6-7-15-13(10-14)8-9-18(15)22(2,20)21/h6-7,10,12H,3-5,8-9,11H2,1-2H3. The molecule has 1 aliphatic heterocycles. The van der Waals surface area contributed by atoms with Gasteiger partial charge >= 0.3 is 0 Å². The van der Waals surface area contributed by atoms with E-state index in [1.807, 2.05) is 13.1 Å². The molecule has 1 amide bonds. The van der Waals surface area contributed by atoms with Crippen LogP contribution in [-0.2, 0) is 16.4 Å². The van der Waals surface area contributed by atoms with Crippen LogP contribution < -0.4 is 4.31 Å². The summed E-state index contributed by atoms with van der Waals surface area (Å²) in [5.41, 5.74) is 2.30. The van der Waals surface area contributed by atoms with Gasteiger partial charge in [-0.05, 0) is 48.9 Å². The second-order valence-electron chi connectivity index (χ2n) is 6.41. The Kier molecular flexibility index (Phi) is 3.89. The van der Waals surface area contributed by atoms with Gasteiger partial charge in [-0.25, -0.2) is 8.42 Å². The van der Waals surface area contributed by atoms with Crippen LogP contribution in [0.2, 0.25) is 0 Å². The van der Waals surface area contributed by atoms with Crippen molar-refractivity contribution in [2.24, 2.45) is 5.92 Å². The summed E-state index contributed by atoms with van der Waals surface area (Å²) in [5.74, 6) is 0.664. The molecule has 5 nitrogen and oxygen atoms in total. The van der Waals surface area contributed by atoms with Crippen LogP contribution in [0.3, 0.4) is 0 Å². The van der Waals surface area contributed by atoms with Gasteiger partial charge in [0.1, 0.15) is 0 Å². The number of hydrogen-bond donors (Lipinski definition) is 0. The minimum Gasteiger partial charge on any atom is -0.341 e. The zero-order chi connectivity index (χ0) is 15.9. The molecule has 0 spiro atoms. The van der Waals surface area contributed by atoms with E-state index in [2.05, 4.69) is 0 Å². The molecule has 3 rings (SSSR count). The molecule has 1 aromatic carbocycles. The van der Waals surface area contributed by atoms with Crippen molar-refractivity contribution in [3.63, 3.8) is 0 Å². The lowest BCUT2D eigenvalue weighted by Gasteiger charge is -2.30. The van der Waals surface area contributed by atoms with Crippen LogP contribution in [0.1, 0.15) is 35.2 Å². The largest absolute Gasteiger partial charge is 0.341 e. The van der Waals surface area contributed by atoms with Crippen LogP contribution >= 0.6 is 0 Å². The number of fused-ring (bicyclic) bond motifs is 1. The summed E-state index contributed by atoms with van der Waals surface area (Å²) in [5, 5.41) is 0. The van der Waals surface area contributed by atoms with E-state index in [4.69, 9.17) is 0 Å². The molecular weight excluding hydrogens is 300 g/mol. The summed E-state index contributed by atoms with van der Waals surface area (Å²) < 4.78 is 24.9. The van der Waals surface area contributed by atoms with Crippen molar-refractivity contribution in [2.75, 3.05) is 30.7 Å². The summed E-state index contributed by atoms with van der Waals surface area (Å²) in [6, 6.07) is 5.34. The SMILES string of the molecule is CN(CC1CCC1)C(=O)c1ccc2c(c1)CCN2S(C)(=O)=O. The molecule has 6 heteroatoms. The minimum absolute atomic E-state index is 0.0208. The number of sulfonamides is 1. The Labute approximate surface area is 132 Å².